The lowest BCUT2D eigenvalue weighted by molar-refractivity contribution is 0.324. The number of H-pyrrole nitrogens is 1. The highest BCUT2D eigenvalue weighted by molar-refractivity contribution is 7.71. The maximum Gasteiger partial charge on any atom is 0.179 e. The van der Waals surface area contributed by atoms with Crippen LogP contribution in [0.1, 0.15) is 44.2 Å². The number of hydrogen-bond donors (Lipinski definition) is 1. The van der Waals surface area contributed by atoms with Gasteiger partial charge < -0.3 is 9.55 Å². The molecule has 2 heterocycles. The maximum absolute atomic E-state index is 5.43. The van der Waals surface area contributed by atoms with Crippen molar-refractivity contribution in [1.82, 2.24) is 14.5 Å². The molecule has 0 bridgehead atoms. The van der Waals surface area contributed by atoms with Crippen molar-refractivity contribution in [2.45, 2.75) is 52.0 Å². The molecule has 1 aliphatic rings. The number of imidazole rings is 1. The van der Waals surface area contributed by atoms with Gasteiger partial charge in [-0.3, -0.25) is 0 Å². The lowest BCUT2D eigenvalue weighted by atomic mass is 9.87. The van der Waals surface area contributed by atoms with E-state index in [-0.39, 0.29) is 0 Å². The fraction of sp³-hybridized carbons (Fsp3) is 0.600. The Labute approximate surface area is 119 Å². The van der Waals surface area contributed by atoms with Gasteiger partial charge in [-0.05, 0) is 43.6 Å². The highest BCUT2D eigenvalue weighted by atomic mass is 32.1. The quantitative estimate of drug-likeness (QED) is 0.844. The van der Waals surface area contributed by atoms with E-state index in [1.165, 1.54) is 38.5 Å². The van der Waals surface area contributed by atoms with Crippen molar-refractivity contribution in [1.29, 1.82) is 0 Å². The predicted octanol–water partition coefficient (Wildman–Crippen LogP) is 4.37. The zero-order valence-corrected chi connectivity index (χ0v) is 12.3. The monoisotopic (exact) mass is 275 g/mol. The zero-order valence-electron chi connectivity index (χ0n) is 11.5. The Morgan fingerprint density at radius 1 is 1.32 bits per heavy atom. The number of aromatic amines is 1. The van der Waals surface area contributed by atoms with Gasteiger partial charge in [0.15, 0.2) is 10.4 Å². The van der Waals surface area contributed by atoms with Crippen LogP contribution in [0.5, 0.6) is 0 Å². The molecule has 1 aliphatic carbocycles. The number of aromatic nitrogens is 3. The van der Waals surface area contributed by atoms with Gasteiger partial charge in [0, 0.05) is 12.2 Å². The molecule has 1 fully saturated rings. The van der Waals surface area contributed by atoms with Gasteiger partial charge >= 0.3 is 0 Å². The maximum atomic E-state index is 5.43. The molecule has 1 saturated carbocycles. The van der Waals surface area contributed by atoms with Crippen LogP contribution in [0.15, 0.2) is 12.1 Å². The summed E-state index contributed by atoms with van der Waals surface area (Å²) in [5, 5.41) is 0. The summed E-state index contributed by atoms with van der Waals surface area (Å²) in [4.78, 5) is 7.88. The largest absolute Gasteiger partial charge is 0.329 e. The molecule has 3 rings (SSSR count). The second kappa shape index (κ2) is 5.45. The topological polar surface area (TPSA) is 33.6 Å². The fourth-order valence-corrected chi connectivity index (χ4v) is 3.41. The fourth-order valence-electron chi connectivity index (χ4n) is 3.12. The summed E-state index contributed by atoms with van der Waals surface area (Å²) >= 11 is 5.43. The second-order valence-corrected chi connectivity index (χ2v) is 6.08. The number of fused-ring (bicyclic) bond motifs is 1. The molecule has 2 aromatic rings. The summed E-state index contributed by atoms with van der Waals surface area (Å²) in [6.45, 7) is 3.03. The van der Waals surface area contributed by atoms with E-state index in [2.05, 4.69) is 20.6 Å². The minimum absolute atomic E-state index is 0.809. The van der Waals surface area contributed by atoms with Crippen molar-refractivity contribution in [3.8, 4) is 0 Å². The Morgan fingerprint density at radius 2 is 2.11 bits per heavy atom. The number of aryl methyl sites for hydroxylation is 2. The molecule has 102 valence electrons. The van der Waals surface area contributed by atoms with Crippen molar-refractivity contribution in [3.63, 3.8) is 0 Å². The molecular formula is C15H21N3S. The van der Waals surface area contributed by atoms with E-state index in [0.29, 0.717) is 0 Å². The van der Waals surface area contributed by atoms with Gasteiger partial charge in [-0.25, -0.2) is 4.98 Å². The molecule has 0 spiro atoms. The average molecular weight is 275 g/mol. The minimum atomic E-state index is 0.809. The number of nitrogens with zero attached hydrogens (tertiary/aromatic N) is 2. The van der Waals surface area contributed by atoms with Crippen LogP contribution in [0.2, 0.25) is 0 Å². The van der Waals surface area contributed by atoms with E-state index in [9.17, 15) is 0 Å². The standard InChI is InChI=1S/C15H21N3S/c1-11-7-8-13-14(16-11)18(15(19)17-13)10-9-12-5-3-2-4-6-12/h7-8,12H,2-6,9-10H2,1H3,(H,17,19). The number of hydrogen-bond acceptors (Lipinski definition) is 2. The number of rotatable bonds is 3. The molecular weight excluding hydrogens is 254 g/mol. The summed E-state index contributed by atoms with van der Waals surface area (Å²) in [5.41, 5.74) is 3.12. The third kappa shape index (κ3) is 2.73. The molecule has 0 aromatic carbocycles. The zero-order chi connectivity index (χ0) is 13.2. The molecule has 3 nitrogen and oxygen atoms in total. The Hall–Kier alpha value is -1.16. The SMILES string of the molecule is Cc1ccc2[nH]c(=S)n(CCC3CCCCC3)c2n1. The molecule has 0 unspecified atom stereocenters. The Bertz CT molecular complexity index is 620. The first-order valence-electron chi connectivity index (χ1n) is 7.30. The molecule has 2 aromatic heterocycles. The van der Waals surface area contributed by atoms with Crippen LogP contribution in [0.3, 0.4) is 0 Å². The summed E-state index contributed by atoms with van der Waals surface area (Å²) in [6, 6.07) is 4.10. The van der Waals surface area contributed by atoms with Crippen LogP contribution in [-0.2, 0) is 6.54 Å². The second-order valence-electron chi connectivity index (χ2n) is 5.70. The van der Waals surface area contributed by atoms with Gasteiger partial charge in [0.05, 0.1) is 5.52 Å². The van der Waals surface area contributed by atoms with E-state index in [1.54, 1.807) is 0 Å². The van der Waals surface area contributed by atoms with E-state index >= 15 is 0 Å². The highest BCUT2D eigenvalue weighted by Crippen LogP contribution is 2.27. The molecule has 1 N–H and O–H groups in total. The third-order valence-electron chi connectivity index (χ3n) is 4.24. The van der Waals surface area contributed by atoms with Gasteiger partial charge in [0.2, 0.25) is 0 Å². The van der Waals surface area contributed by atoms with Gasteiger partial charge in [0.25, 0.3) is 0 Å². The normalized spacial score (nSPS) is 17.1. The summed E-state index contributed by atoms with van der Waals surface area (Å²) in [5.74, 6) is 0.880. The van der Waals surface area contributed by atoms with Crippen LogP contribution in [0.4, 0.5) is 0 Å². The summed E-state index contributed by atoms with van der Waals surface area (Å²) in [7, 11) is 0. The van der Waals surface area contributed by atoms with Crippen LogP contribution in [0.25, 0.3) is 11.2 Å². The molecule has 0 amide bonds. The van der Waals surface area contributed by atoms with Crippen molar-refractivity contribution in [3.05, 3.63) is 22.6 Å². The summed E-state index contributed by atoms with van der Waals surface area (Å²) < 4.78 is 2.98. The first kappa shape index (κ1) is 12.9. The highest BCUT2D eigenvalue weighted by Gasteiger charge is 2.14. The first-order chi connectivity index (χ1) is 9.24. The predicted molar refractivity (Wildman–Crippen MR) is 80.8 cm³/mol. The van der Waals surface area contributed by atoms with E-state index in [4.69, 9.17) is 12.2 Å². The Kier molecular flexibility index (Phi) is 3.69. The van der Waals surface area contributed by atoms with Gasteiger partial charge in [0.1, 0.15) is 0 Å². The van der Waals surface area contributed by atoms with Crippen molar-refractivity contribution >= 4 is 23.4 Å². The van der Waals surface area contributed by atoms with Crippen LogP contribution in [-0.4, -0.2) is 14.5 Å². The van der Waals surface area contributed by atoms with E-state index in [1.807, 2.05) is 13.0 Å². The lowest BCUT2D eigenvalue weighted by Crippen LogP contribution is -2.10. The lowest BCUT2D eigenvalue weighted by Gasteiger charge is -2.21. The number of nitrogens with one attached hydrogen (secondary N) is 1. The molecule has 4 heteroatoms. The Morgan fingerprint density at radius 3 is 2.89 bits per heavy atom. The molecule has 0 radical (unpaired) electrons. The van der Waals surface area contributed by atoms with E-state index < -0.39 is 0 Å². The molecule has 0 saturated heterocycles. The molecule has 0 aliphatic heterocycles. The van der Waals surface area contributed by atoms with Crippen molar-refractivity contribution in [2.24, 2.45) is 5.92 Å². The van der Waals surface area contributed by atoms with Crippen molar-refractivity contribution in [2.75, 3.05) is 0 Å². The van der Waals surface area contributed by atoms with Gasteiger partial charge in [-0.2, -0.15) is 0 Å². The Balaban J connectivity index is 1.81. The smallest absolute Gasteiger partial charge is 0.179 e. The van der Waals surface area contributed by atoms with Crippen LogP contribution in [0, 0.1) is 17.6 Å². The van der Waals surface area contributed by atoms with Crippen LogP contribution >= 0.6 is 12.2 Å². The summed E-state index contributed by atoms with van der Waals surface area (Å²) in [6.07, 6.45) is 8.24. The first-order valence-corrected chi connectivity index (χ1v) is 7.71. The third-order valence-corrected chi connectivity index (χ3v) is 4.56. The van der Waals surface area contributed by atoms with Gasteiger partial charge in [-0.15, -0.1) is 0 Å². The van der Waals surface area contributed by atoms with Gasteiger partial charge in [-0.1, -0.05) is 32.1 Å². The average Bonchev–Trinajstić information content (AvgIpc) is 2.73. The molecule has 0 atom stereocenters. The number of pyridine rings is 1. The molecule has 19 heavy (non-hydrogen) atoms. The van der Waals surface area contributed by atoms with Crippen molar-refractivity contribution < 1.29 is 0 Å². The van der Waals surface area contributed by atoms with Crippen LogP contribution < -0.4 is 0 Å². The minimum Gasteiger partial charge on any atom is -0.329 e. The van der Waals surface area contributed by atoms with E-state index in [0.717, 1.165) is 34.1 Å².